The van der Waals surface area contributed by atoms with Gasteiger partial charge >= 0.3 is 0 Å². The predicted molar refractivity (Wildman–Crippen MR) is 174 cm³/mol. The van der Waals surface area contributed by atoms with Gasteiger partial charge in [0.05, 0.1) is 10.9 Å². The van der Waals surface area contributed by atoms with Crippen molar-refractivity contribution in [2.45, 2.75) is 12.8 Å². The highest BCUT2D eigenvalue weighted by molar-refractivity contribution is 6.19. The Kier molecular flexibility index (Phi) is 5.43. The van der Waals surface area contributed by atoms with Crippen molar-refractivity contribution in [1.82, 2.24) is 4.57 Å². The number of allylic oxidation sites excluding steroid dienone is 6. The highest BCUT2D eigenvalue weighted by Gasteiger charge is 2.28. The predicted octanol–water partition coefficient (Wildman–Crippen LogP) is 8.49. The van der Waals surface area contributed by atoms with Gasteiger partial charge in [-0.05, 0) is 64.1 Å². The molecule has 0 saturated carbocycles. The molecule has 2 aliphatic rings. The fraction of sp³-hybridized carbons (Fsp3) is 0.103. The van der Waals surface area contributed by atoms with Crippen molar-refractivity contribution in [3.63, 3.8) is 0 Å². The van der Waals surface area contributed by atoms with E-state index in [9.17, 15) is 0 Å². The summed E-state index contributed by atoms with van der Waals surface area (Å²) in [5.74, 6) is 0. The van der Waals surface area contributed by atoms with E-state index < -0.39 is 0 Å². The van der Waals surface area contributed by atoms with E-state index in [0.717, 1.165) is 12.8 Å². The van der Waals surface area contributed by atoms with Crippen LogP contribution >= 0.6 is 0 Å². The molecule has 41 heavy (non-hydrogen) atoms. The van der Waals surface area contributed by atoms with Crippen molar-refractivity contribution in [3.8, 4) is 0 Å². The molecule has 6 aromatic rings. The summed E-state index contributed by atoms with van der Waals surface area (Å²) in [5, 5.41) is 7.88. The van der Waals surface area contributed by atoms with E-state index in [0.29, 0.717) is 0 Å². The second kappa shape index (κ2) is 9.31. The fourth-order valence-corrected chi connectivity index (χ4v) is 7.05. The molecule has 0 spiro atoms. The van der Waals surface area contributed by atoms with Gasteiger partial charge in [-0.3, -0.25) is 0 Å². The van der Waals surface area contributed by atoms with E-state index in [1.807, 2.05) is 0 Å². The number of benzene rings is 5. The molecule has 2 heterocycles. The van der Waals surface area contributed by atoms with Gasteiger partial charge in [0.25, 0.3) is 0 Å². The third-order valence-electron chi connectivity index (χ3n) is 9.02. The molecule has 8 rings (SSSR count). The molecule has 0 N–H and O–H groups in total. The summed E-state index contributed by atoms with van der Waals surface area (Å²) in [4.78, 5) is 0. The zero-order chi connectivity index (χ0) is 27.5. The first kappa shape index (κ1) is 23.9. The molecule has 0 saturated heterocycles. The van der Waals surface area contributed by atoms with E-state index in [2.05, 4.69) is 151 Å². The topological polar surface area (TPSA) is 7.94 Å². The Balaban J connectivity index is 1.26. The molecule has 0 unspecified atom stereocenters. The molecule has 1 aliphatic heterocycles. The Hall–Kier alpha value is -4.95. The van der Waals surface area contributed by atoms with Crippen LogP contribution in [0.25, 0.3) is 44.1 Å². The Morgan fingerprint density at radius 2 is 1.41 bits per heavy atom. The van der Waals surface area contributed by atoms with Crippen LogP contribution in [0.3, 0.4) is 0 Å². The highest BCUT2D eigenvalue weighted by atomic mass is 15.0. The van der Waals surface area contributed by atoms with Gasteiger partial charge in [-0.25, -0.2) is 0 Å². The van der Waals surface area contributed by atoms with Gasteiger partial charge in [0.2, 0.25) is 11.4 Å². The van der Waals surface area contributed by atoms with Gasteiger partial charge in [0.1, 0.15) is 7.05 Å². The Morgan fingerprint density at radius 3 is 2.24 bits per heavy atom. The summed E-state index contributed by atoms with van der Waals surface area (Å²) < 4.78 is 4.67. The largest absolute Gasteiger partial charge is 0.344 e. The van der Waals surface area contributed by atoms with Gasteiger partial charge in [-0.15, -0.1) is 0 Å². The van der Waals surface area contributed by atoms with Crippen LogP contribution < -0.4 is 5.35 Å². The minimum atomic E-state index is 1.04. The van der Waals surface area contributed by atoms with Crippen LogP contribution in [0.4, 0.5) is 5.69 Å². The number of rotatable bonds is 4. The molecular formula is C39H31N2+. The fourth-order valence-electron chi connectivity index (χ4n) is 7.05. The molecule has 0 fully saturated rings. The molecule has 0 radical (unpaired) electrons. The van der Waals surface area contributed by atoms with Gasteiger partial charge in [0.15, 0.2) is 0 Å². The van der Waals surface area contributed by atoms with E-state index >= 15 is 0 Å². The average Bonchev–Trinajstić information content (AvgIpc) is 3.64. The minimum absolute atomic E-state index is 1.04. The van der Waals surface area contributed by atoms with Crippen LogP contribution in [0, 0.1) is 0 Å². The number of nitrogens with zero attached hydrogens (tertiary/aromatic N) is 2. The monoisotopic (exact) mass is 527 g/mol. The molecule has 0 amide bonds. The van der Waals surface area contributed by atoms with E-state index in [1.165, 1.54) is 77.0 Å². The maximum absolute atomic E-state index is 2.37. The third-order valence-corrected chi connectivity index (χ3v) is 9.02. The van der Waals surface area contributed by atoms with Crippen molar-refractivity contribution in [3.05, 3.63) is 149 Å². The van der Waals surface area contributed by atoms with Crippen molar-refractivity contribution < 1.29 is 4.58 Å². The maximum atomic E-state index is 2.37. The Bertz CT molecular complexity index is 2190. The third kappa shape index (κ3) is 3.68. The molecule has 1 aromatic heterocycles. The first-order valence-electron chi connectivity index (χ1n) is 14.5. The molecule has 2 nitrogen and oxygen atoms in total. The summed E-state index contributed by atoms with van der Waals surface area (Å²) in [6, 6.07) is 37.4. The van der Waals surface area contributed by atoms with Crippen molar-refractivity contribution >= 4 is 55.5 Å². The van der Waals surface area contributed by atoms with E-state index in [1.54, 1.807) is 0 Å². The lowest BCUT2D eigenvalue weighted by molar-refractivity contribution is -0.399. The number of aryl methyl sites for hydroxylation is 1. The van der Waals surface area contributed by atoms with Crippen molar-refractivity contribution in [2.75, 3.05) is 7.05 Å². The summed E-state index contributed by atoms with van der Waals surface area (Å²) in [7, 11) is 4.37. The summed E-state index contributed by atoms with van der Waals surface area (Å²) in [5.41, 5.74) is 10.6. The van der Waals surface area contributed by atoms with Crippen molar-refractivity contribution in [1.29, 1.82) is 0 Å². The summed E-state index contributed by atoms with van der Waals surface area (Å²) in [6.07, 6.45) is 11.5. The molecule has 1 aliphatic carbocycles. The lowest BCUT2D eigenvalue weighted by Crippen LogP contribution is -2.11. The Labute approximate surface area is 240 Å². The molecule has 2 heteroatoms. The molecule has 0 atom stereocenters. The lowest BCUT2D eigenvalue weighted by atomic mass is 9.97. The SMILES string of the molecule is Cn1c(=CC=C2CCC(C=CC3=[N+](C)c4cccc5cccc3c45)=C2c2ccccc2)c2cccc3cccc1c32. The van der Waals surface area contributed by atoms with Crippen molar-refractivity contribution in [2.24, 2.45) is 7.05 Å². The van der Waals surface area contributed by atoms with E-state index in [4.69, 9.17) is 0 Å². The average molecular weight is 528 g/mol. The minimum Gasteiger partial charge on any atom is -0.344 e. The summed E-state index contributed by atoms with van der Waals surface area (Å²) in [6.45, 7) is 0. The van der Waals surface area contributed by atoms with Crippen LogP contribution in [0.1, 0.15) is 24.0 Å². The second-order valence-electron chi connectivity index (χ2n) is 11.2. The highest BCUT2D eigenvalue weighted by Crippen LogP contribution is 2.40. The Morgan fingerprint density at radius 1 is 0.683 bits per heavy atom. The van der Waals surface area contributed by atoms with Gasteiger partial charge in [-0.2, -0.15) is 4.58 Å². The molecule has 196 valence electrons. The van der Waals surface area contributed by atoms with Crippen LogP contribution in [-0.2, 0) is 7.05 Å². The van der Waals surface area contributed by atoms with E-state index in [-0.39, 0.29) is 0 Å². The normalized spacial score (nSPS) is 16.7. The quantitative estimate of drug-likeness (QED) is 0.203. The molecule has 5 aromatic carbocycles. The van der Waals surface area contributed by atoms with Crippen LogP contribution in [-0.4, -0.2) is 21.9 Å². The first-order valence-corrected chi connectivity index (χ1v) is 14.5. The zero-order valence-electron chi connectivity index (χ0n) is 23.4. The summed E-state index contributed by atoms with van der Waals surface area (Å²) >= 11 is 0. The number of aromatic nitrogens is 1. The molecular weight excluding hydrogens is 496 g/mol. The zero-order valence-corrected chi connectivity index (χ0v) is 23.4. The van der Waals surface area contributed by atoms with Gasteiger partial charge in [0, 0.05) is 40.8 Å². The number of hydrogen-bond acceptors (Lipinski definition) is 0. The van der Waals surface area contributed by atoms with Gasteiger partial charge in [-0.1, -0.05) is 97.1 Å². The second-order valence-corrected chi connectivity index (χ2v) is 11.2. The molecule has 0 bridgehead atoms. The maximum Gasteiger partial charge on any atom is 0.214 e. The van der Waals surface area contributed by atoms with Gasteiger partial charge < -0.3 is 4.57 Å². The standard InChI is InChI=1S/C39H31N2/c1-40-33(31-16-6-12-27-14-8-18-35(40)38(27)31)24-22-29-20-21-30(37(29)26-10-4-3-5-11-26)23-25-34-32-17-7-13-28-15-9-19-36(39(28)32)41(34)2/h3-19,22-25H,20-21H2,1-2H3/q+1. The number of hydrogen-bond donors (Lipinski definition) is 0. The first-order chi connectivity index (χ1) is 20.2. The lowest BCUT2D eigenvalue weighted by Gasteiger charge is -2.07. The van der Waals surface area contributed by atoms with Crippen LogP contribution in [0.15, 0.2) is 133 Å². The van der Waals surface area contributed by atoms with Crippen LogP contribution in [0.5, 0.6) is 0 Å². The smallest absolute Gasteiger partial charge is 0.214 e. The van der Waals surface area contributed by atoms with Crippen LogP contribution in [0.2, 0.25) is 0 Å².